The molecule has 0 aliphatic heterocycles. The van der Waals surface area contributed by atoms with Gasteiger partial charge in [-0.15, -0.1) is 0 Å². The molecule has 0 spiro atoms. The Bertz CT molecular complexity index is 76.0. The quantitative estimate of drug-likeness (QED) is 0.327. The van der Waals surface area contributed by atoms with E-state index >= 15 is 0 Å². The second-order valence-electron chi connectivity index (χ2n) is 2.08. The van der Waals surface area contributed by atoms with Crippen LogP contribution < -0.4 is 0 Å². The summed E-state index contributed by atoms with van der Waals surface area (Å²) in [5.41, 5.74) is 0.708. The molecule has 0 aromatic heterocycles. The molecule has 60 valence electrons. The van der Waals surface area contributed by atoms with Crippen molar-refractivity contribution in [2.24, 2.45) is 0 Å². The van der Waals surface area contributed by atoms with Crippen LogP contribution in [0.25, 0.3) is 0 Å². The van der Waals surface area contributed by atoms with Gasteiger partial charge in [-0.1, -0.05) is 26.2 Å². The van der Waals surface area contributed by atoms with Crippen molar-refractivity contribution in [1.82, 2.24) is 0 Å². The lowest BCUT2D eigenvalue weighted by Gasteiger charge is -1.96. The van der Waals surface area contributed by atoms with Crippen LogP contribution in [0.5, 0.6) is 0 Å². The topological polar surface area (TPSA) is 26.3 Å². The van der Waals surface area contributed by atoms with Gasteiger partial charge in [-0.25, -0.2) is 0 Å². The predicted molar refractivity (Wildman–Crippen MR) is 44.4 cm³/mol. The van der Waals surface area contributed by atoms with Gasteiger partial charge in [-0.05, 0) is 6.42 Å². The maximum atomic E-state index is 9.73. The minimum Gasteiger partial charge on any atom is -0.308 e. The molecular formula is C7H14O2S. The summed E-state index contributed by atoms with van der Waals surface area (Å²) in [4.78, 5) is 9.73. The Morgan fingerprint density at radius 3 is 2.80 bits per heavy atom. The van der Waals surface area contributed by atoms with E-state index in [1.807, 2.05) is 0 Å². The summed E-state index contributed by atoms with van der Waals surface area (Å²) in [5.74, 6) is 0. The molecule has 0 bridgehead atoms. The average Bonchev–Trinajstić information content (AvgIpc) is 1.97. The molecule has 0 aliphatic carbocycles. The summed E-state index contributed by atoms with van der Waals surface area (Å²) < 4.78 is 4.88. The summed E-state index contributed by atoms with van der Waals surface area (Å²) in [6.45, 7) is 2.87. The first kappa shape index (κ1) is 9.98. The van der Waals surface area contributed by atoms with Crippen molar-refractivity contribution < 1.29 is 8.98 Å². The first-order valence-electron chi connectivity index (χ1n) is 3.63. The van der Waals surface area contributed by atoms with Crippen molar-refractivity contribution >= 4 is 17.7 Å². The van der Waals surface area contributed by atoms with Gasteiger partial charge in [0.05, 0.1) is 18.6 Å². The minimum absolute atomic E-state index is 0.698. The highest BCUT2D eigenvalue weighted by atomic mass is 32.2. The molecule has 0 heterocycles. The average molecular weight is 162 g/mol. The van der Waals surface area contributed by atoms with Gasteiger partial charge in [-0.2, -0.15) is 0 Å². The Morgan fingerprint density at radius 1 is 1.40 bits per heavy atom. The third-order valence-corrected chi connectivity index (χ3v) is 1.57. The first-order valence-corrected chi connectivity index (χ1v) is 4.44. The van der Waals surface area contributed by atoms with Gasteiger partial charge < -0.3 is 4.18 Å². The summed E-state index contributed by atoms with van der Waals surface area (Å²) in [6.07, 6.45) is 4.76. The van der Waals surface area contributed by atoms with E-state index in [0.717, 1.165) is 18.5 Å². The van der Waals surface area contributed by atoms with Crippen molar-refractivity contribution in [2.75, 3.05) is 6.61 Å². The lowest BCUT2D eigenvalue weighted by Crippen LogP contribution is -1.86. The second kappa shape index (κ2) is 8.98. The Labute approximate surface area is 66.5 Å². The van der Waals surface area contributed by atoms with E-state index in [1.165, 1.54) is 19.3 Å². The lowest BCUT2D eigenvalue weighted by molar-refractivity contribution is 0.359. The number of carbonyl (C=O) groups excluding carboxylic acids is 1. The predicted octanol–water partition coefficient (Wildman–Crippen LogP) is 2.42. The summed E-state index contributed by atoms with van der Waals surface area (Å²) >= 11 is 0.886. The lowest BCUT2D eigenvalue weighted by atomic mass is 10.2. The highest BCUT2D eigenvalue weighted by Crippen LogP contribution is 2.02. The third kappa shape index (κ3) is 7.98. The number of hydrogen-bond donors (Lipinski definition) is 0. The molecule has 0 amide bonds. The van der Waals surface area contributed by atoms with E-state index in [9.17, 15) is 4.79 Å². The van der Waals surface area contributed by atoms with Gasteiger partial charge >= 0.3 is 0 Å². The van der Waals surface area contributed by atoms with Crippen LogP contribution in [0.1, 0.15) is 32.6 Å². The summed E-state index contributed by atoms with van der Waals surface area (Å²) in [7, 11) is 0. The monoisotopic (exact) mass is 162 g/mol. The van der Waals surface area contributed by atoms with Gasteiger partial charge in [0, 0.05) is 0 Å². The smallest absolute Gasteiger partial charge is 0.202 e. The zero-order chi connectivity index (χ0) is 7.66. The molecule has 0 radical (unpaired) electrons. The van der Waals surface area contributed by atoms with Gasteiger partial charge in [0.2, 0.25) is 5.62 Å². The highest BCUT2D eigenvalue weighted by Gasteiger charge is 1.87. The van der Waals surface area contributed by atoms with Crippen LogP contribution in [0.4, 0.5) is 0 Å². The van der Waals surface area contributed by atoms with Gasteiger partial charge in [0.25, 0.3) is 0 Å². The van der Waals surface area contributed by atoms with E-state index in [0.29, 0.717) is 12.2 Å². The van der Waals surface area contributed by atoms with Crippen LogP contribution in [0.2, 0.25) is 0 Å². The molecular weight excluding hydrogens is 148 g/mol. The minimum atomic E-state index is 0.698. The maximum Gasteiger partial charge on any atom is 0.202 e. The molecule has 0 aliphatic rings. The second-order valence-corrected chi connectivity index (χ2v) is 2.70. The van der Waals surface area contributed by atoms with Crippen LogP contribution in [0, 0.1) is 0 Å². The first-order chi connectivity index (χ1) is 4.91. The number of rotatable bonds is 7. The van der Waals surface area contributed by atoms with E-state index in [1.54, 1.807) is 0 Å². The van der Waals surface area contributed by atoms with E-state index in [4.69, 9.17) is 4.18 Å². The Balaban J connectivity index is 2.70. The van der Waals surface area contributed by atoms with Gasteiger partial charge in [0.1, 0.15) is 0 Å². The molecule has 3 heteroatoms. The van der Waals surface area contributed by atoms with Gasteiger partial charge in [-0.3, -0.25) is 4.79 Å². The zero-order valence-corrected chi connectivity index (χ0v) is 7.15. The molecule has 0 fully saturated rings. The van der Waals surface area contributed by atoms with Crippen LogP contribution in [-0.4, -0.2) is 12.2 Å². The molecule has 0 aromatic rings. The normalized spacial score (nSPS) is 9.70. The third-order valence-electron chi connectivity index (χ3n) is 1.19. The Kier molecular flexibility index (Phi) is 8.96. The fourth-order valence-electron chi connectivity index (χ4n) is 0.664. The summed E-state index contributed by atoms with van der Waals surface area (Å²) in [6, 6.07) is 0. The fraction of sp³-hybridized carbons (Fsp3) is 0.857. The van der Waals surface area contributed by atoms with Crippen LogP contribution in [0.15, 0.2) is 0 Å². The van der Waals surface area contributed by atoms with Crippen LogP contribution in [0.3, 0.4) is 0 Å². The number of unbranched alkanes of at least 4 members (excludes halogenated alkanes) is 3. The van der Waals surface area contributed by atoms with E-state index < -0.39 is 0 Å². The molecule has 0 rings (SSSR count). The summed E-state index contributed by atoms with van der Waals surface area (Å²) in [5, 5.41) is 0. The molecule has 10 heavy (non-hydrogen) atoms. The Hall–Kier alpha value is -0.0200. The number of hydrogen-bond acceptors (Lipinski definition) is 3. The van der Waals surface area contributed by atoms with Crippen molar-refractivity contribution in [3.05, 3.63) is 0 Å². The SMILES string of the molecule is CCCCCCOSC=O. The molecule has 0 unspecified atom stereocenters. The van der Waals surface area contributed by atoms with Crippen LogP contribution >= 0.6 is 12.0 Å². The molecule has 0 saturated heterocycles. The molecule has 0 atom stereocenters. The molecule has 0 N–H and O–H groups in total. The largest absolute Gasteiger partial charge is 0.308 e. The molecule has 0 saturated carbocycles. The zero-order valence-electron chi connectivity index (χ0n) is 6.34. The standard InChI is InChI=1S/C7H14O2S/c1-2-3-4-5-6-9-10-7-8/h7H,2-6H2,1H3. The van der Waals surface area contributed by atoms with E-state index in [-0.39, 0.29) is 0 Å². The number of carbonyl (C=O) groups is 1. The molecule has 0 aromatic carbocycles. The van der Waals surface area contributed by atoms with Crippen molar-refractivity contribution in [3.63, 3.8) is 0 Å². The van der Waals surface area contributed by atoms with Crippen LogP contribution in [-0.2, 0) is 8.98 Å². The van der Waals surface area contributed by atoms with Crippen molar-refractivity contribution in [2.45, 2.75) is 32.6 Å². The Morgan fingerprint density at radius 2 is 2.20 bits per heavy atom. The highest BCUT2D eigenvalue weighted by molar-refractivity contribution is 8.07. The van der Waals surface area contributed by atoms with Crippen molar-refractivity contribution in [1.29, 1.82) is 0 Å². The van der Waals surface area contributed by atoms with E-state index in [2.05, 4.69) is 6.92 Å². The molecule has 2 nitrogen and oxygen atoms in total. The van der Waals surface area contributed by atoms with Crippen molar-refractivity contribution in [3.8, 4) is 0 Å². The maximum absolute atomic E-state index is 9.73. The van der Waals surface area contributed by atoms with Gasteiger partial charge in [0.15, 0.2) is 0 Å². The fourth-order valence-corrected chi connectivity index (χ4v) is 0.933.